The average molecular weight is 272 g/mol. The van der Waals surface area contributed by atoms with Crippen molar-refractivity contribution >= 4 is 23.5 Å². The van der Waals surface area contributed by atoms with Crippen LogP contribution in [-0.4, -0.2) is 28.4 Å². The zero-order valence-corrected chi connectivity index (χ0v) is 10.9. The predicted octanol–water partition coefficient (Wildman–Crippen LogP) is 1.62. The van der Waals surface area contributed by atoms with E-state index >= 15 is 0 Å². The summed E-state index contributed by atoms with van der Waals surface area (Å²) in [7, 11) is 0. The standard InChI is InChI=1S/C13H18ClNO3/c14-6-11(16)15-13(12(17)18)9-2-7-1-8(4-9)5-10(13)3-7/h7-10H,1-6H2,(H,15,16)(H,17,18). The van der Waals surface area contributed by atoms with Crippen molar-refractivity contribution in [3.05, 3.63) is 0 Å². The fraction of sp³-hybridized carbons (Fsp3) is 0.846. The molecule has 5 heteroatoms. The van der Waals surface area contributed by atoms with Crippen molar-refractivity contribution in [3.8, 4) is 0 Å². The van der Waals surface area contributed by atoms with Gasteiger partial charge in [-0.2, -0.15) is 0 Å². The van der Waals surface area contributed by atoms with Gasteiger partial charge in [-0.25, -0.2) is 4.79 Å². The van der Waals surface area contributed by atoms with Gasteiger partial charge in [0.1, 0.15) is 11.4 Å². The Kier molecular flexibility index (Phi) is 2.81. The molecule has 4 bridgehead atoms. The molecule has 4 fully saturated rings. The first kappa shape index (κ1) is 12.3. The number of halogens is 1. The number of hydrogen-bond donors (Lipinski definition) is 2. The van der Waals surface area contributed by atoms with Crippen LogP contribution in [0, 0.1) is 23.7 Å². The van der Waals surface area contributed by atoms with E-state index in [1.54, 1.807) is 0 Å². The molecule has 4 nitrogen and oxygen atoms in total. The second-order valence-corrected chi connectivity index (χ2v) is 6.43. The number of hydrogen-bond acceptors (Lipinski definition) is 2. The summed E-state index contributed by atoms with van der Waals surface area (Å²) in [5.74, 6) is 0.153. The summed E-state index contributed by atoms with van der Waals surface area (Å²) < 4.78 is 0. The van der Waals surface area contributed by atoms with Crippen molar-refractivity contribution < 1.29 is 14.7 Å². The molecule has 0 heterocycles. The molecule has 4 aliphatic carbocycles. The zero-order valence-electron chi connectivity index (χ0n) is 10.2. The second kappa shape index (κ2) is 4.12. The Balaban J connectivity index is 1.94. The van der Waals surface area contributed by atoms with Gasteiger partial charge in [0.2, 0.25) is 5.91 Å². The number of rotatable bonds is 3. The molecule has 4 saturated carbocycles. The maximum atomic E-state index is 11.8. The molecule has 4 aliphatic rings. The summed E-state index contributed by atoms with van der Waals surface area (Å²) in [4.78, 5) is 23.4. The van der Waals surface area contributed by atoms with Crippen LogP contribution in [0.3, 0.4) is 0 Å². The highest BCUT2D eigenvalue weighted by Crippen LogP contribution is 2.58. The SMILES string of the molecule is O=C(CCl)NC1(C(=O)O)C2CC3CC(C2)CC1C3. The van der Waals surface area contributed by atoms with Gasteiger partial charge in [-0.1, -0.05) is 0 Å². The van der Waals surface area contributed by atoms with Crippen molar-refractivity contribution in [2.45, 2.75) is 37.6 Å². The molecule has 2 N–H and O–H groups in total. The Labute approximate surface area is 111 Å². The van der Waals surface area contributed by atoms with Gasteiger partial charge in [-0.15, -0.1) is 11.6 Å². The minimum absolute atomic E-state index is 0.0958. The number of amides is 1. The molecule has 18 heavy (non-hydrogen) atoms. The molecule has 0 unspecified atom stereocenters. The van der Waals surface area contributed by atoms with Crippen LogP contribution < -0.4 is 5.32 Å². The number of carbonyl (C=O) groups excluding carboxylic acids is 1. The smallest absolute Gasteiger partial charge is 0.330 e. The largest absolute Gasteiger partial charge is 0.479 e. The number of carbonyl (C=O) groups is 2. The molecule has 4 rings (SSSR count). The number of carboxylic acids is 1. The fourth-order valence-electron chi connectivity index (χ4n) is 4.80. The lowest BCUT2D eigenvalue weighted by molar-refractivity contribution is -0.167. The predicted molar refractivity (Wildman–Crippen MR) is 66.3 cm³/mol. The molecule has 0 saturated heterocycles. The molecular formula is C13H18ClNO3. The Morgan fingerprint density at radius 2 is 1.61 bits per heavy atom. The van der Waals surface area contributed by atoms with E-state index in [0.29, 0.717) is 11.8 Å². The first-order valence-electron chi connectivity index (χ1n) is 6.66. The minimum atomic E-state index is -1.04. The van der Waals surface area contributed by atoms with Gasteiger partial charge in [0, 0.05) is 0 Å². The Morgan fingerprint density at radius 1 is 1.11 bits per heavy atom. The van der Waals surface area contributed by atoms with Crippen molar-refractivity contribution in [2.75, 3.05) is 5.88 Å². The van der Waals surface area contributed by atoms with Crippen molar-refractivity contribution in [3.63, 3.8) is 0 Å². The number of carboxylic acid groups (broad SMARTS) is 1. The van der Waals surface area contributed by atoms with Gasteiger partial charge >= 0.3 is 5.97 Å². The second-order valence-electron chi connectivity index (χ2n) is 6.16. The van der Waals surface area contributed by atoms with Gasteiger partial charge in [0.15, 0.2) is 0 Å². The third kappa shape index (κ3) is 1.58. The third-order valence-electron chi connectivity index (χ3n) is 5.25. The van der Waals surface area contributed by atoms with Crippen molar-refractivity contribution in [2.24, 2.45) is 23.7 Å². The number of alkyl halides is 1. The van der Waals surface area contributed by atoms with Gasteiger partial charge in [-0.05, 0) is 55.8 Å². The summed E-state index contributed by atoms with van der Waals surface area (Å²) in [6, 6.07) is 0. The molecule has 0 spiro atoms. The lowest BCUT2D eigenvalue weighted by Gasteiger charge is -2.59. The first-order valence-corrected chi connectivity index (χ1v) is 7.20. The van der Waals surface area contributed by atoms with Crippen LogP contribution in [-0.2, 0) is 9.59 Å². The first-order chi connectivity index (χ1) is 8.56. The molecule has 0 atom stereocenters. The van der Waals surface area contributed by atoms with E-state index in [4.69, 9.17) is 11.6 Å². The monoisotopic (exact) mass is 271 g/mol. The Bertz CT molecular complexity index is 368. The maximum absolute atomic E-state index is 11.8. The quantitative estimate of drug-likeness (QED) is 0.767. The summed E-state index contributed by atoms with van der Waals surface area (Å²) in [5, 5.41) is 12.4. The van der Waals surface area contributed by atoms with E-state index in [2.05, 4.69) is 5.32 Å². The number of nitrogens with one attached hydrogen (secondary N) is 1. The van der Waals surface area contributed by atoms with Gasteiger partial charge in [0.05, 0.1) is 0 Å². The fourth-order valence-corrected chi connectivity index (χ4v) is 4.87. The Hall–Kier alpha value is -0.770. The molecule has 1 amide bonds. The normalized spacial score (nSPS) is 44.9. The number of aliphatic carboxylic acids is 1. The average Bonchev–Trinajstić information content (AvgIpc) is 2.32. The van der Waals surface area contributed by atoms with Crippen molar-refractivity contribution in [1.29, 1.82) is 0 Å². The van der Waals surface area contributed by atoms with E-state index in [9.17, 15) is 14.7 Å². The van der Waals surface area contributed by atoms with Crippen LogP contribution in [0.2, 0.25) is 0 Å². The highest BCUT2D eigenvalue weighted by atomic mass is 35.5. The highest BCUT2D eigenvalue weighted by molar-refractivity contribution is 6.27. The van der Waals surface area contributed by atoms with Crippen LogP contribution >= 0.6 is 11.6 Å². The van der Waals surface area contributed by atoms with Gasteiger partial charge < -0.3 is 10.4 Å². The molecular weight excluding hydrogens is 254 g/mol. The lowest BCUT2D eigenvalue weighted by Crippen LogP contribution is -2.70. The van der Waals surface area contributed by atoms with Crippen LogP contribution in [0.4, 0.5) is 0 Å². The van der Waals surface area contributed by atoms with E-state index in [1.807, 2.05) is 0 Å². The van der Waals surface area contributed by atoms with Gasteiger partial charge in [-0.3, -0.25) is 4.79 Å². The lowest BCUT2D eigenvalue weighted by atomic mass is 9.48. The van der Waals surface area contributed by atoms with Gasteiger partial charge in [0.25, 0.3) is 0 Å². The summed E-state index contributed by atoms with van der Waals surface area (Å²) in [6.45, 7) is 0. The maximum Gasteiger partial charge on any atom is 0.330 e. The van der Waals surface area contributed by atoms with Crippen molar-refractivity contribution in [1.82, 2.24) is 5.32 Å². The molecule has 0 radical (unpaired) electrons. The molecule has 0 aromatic heterocycles. The van der Waals surface area contributed by atoms with Crippen LogP contribution in [0.15, 0.2) is 0 Å². The summed E-state index contributed by atoms with van der Waals surface area (Å²) in [5.41, 5.74) is -1.04. The summed E-state index contributed by atoms with van der Waals surface area (Å²) >= 11 is 5.53. The zero-order chi connectivity index (χ0) is 12.9. The summed E-state index contributed by atoms with van der Waals surface area (Å²) in [6.07, 6.45) is 5.04. The van der Waals surface area contributed by atoms with E-state index in [1.165, 1.54) is 6.42 Å². The third-order valence-corrected chi connectivity index (χ3v) is 5.49. The van der Waals surface area contributed by atoms with E-state index in [0.717, 1.165) is 25.7 Å². The molecule has 0 aromatic rings. The van der Waals surface area contributed by atoms with Crippen LogP contribution in [0.1, 0.15) is 32.1 Å². The minimum Gasteiger partial charge on any atom is -0.479 e. The van der Waals surface area contributed by atoms with Crippen LogP contribution in [0.25, 0.3) is 0 Å². The van der Waals surface area contributed by atoms with Crippen LogP contribution in [0.5, 0.6) is 0 Å². The topological polar surface area (TPSA) is 66.4 Å². The van der Waals surface area contributed by atoms with E-state index in [-0.39, 0.29) is 23.6 Å². The highest BCUT2D eigenvalue weighted by Gasteiger charge is 2.61. The molecule has 0 aromatic carbocycles. The molecule has 100 valence electrons. The molecule has 0 aliphatic heterocycles. The Morgan fingerprint density at radius 3 is 2.00 bits per heavy atom. The van der Waals surface area contributed by atoms with E-state index < -0.39 is 11.5 Å².